The van der Waals surface area contributed by atoms with Crippen LogP contribution in [0.15, 0.2) is 47.6 Å². The molecule has 5 nitrogen and oxygen atoms in total. The van der Waals surface area contributed by atoms with Crippen molar-refractivity contribution in [1.82, 2.24) is 5.43 Å². The van der Waals surface area contributed by atoms with Gasteiger partial charge in [-0.05, 0) is 52.9 Å². The van der Waals surface area contributed by atoms with E-state index in [1.807, 2.05) is 12.1 Å². The third-order valence-electron chi connectivity index (χ3n) is 2.72. The van der Waals surface area contributed by atoms with Crippen molar-refractivity contribution in [3.05, 3.63) is 57.2 Å². The summed E-state index contributed by atoms with van der Waals surface area (Å²) in [7, 11) is 1.53. The molecule has 0 aliphatic heterocycles. The third kappa shape index (κ3) is 3.94. The van der Waals surface area contributed by atoms with Crippen LogP contribution < -0.4 is 10.2 Å². The second kappa shape index (κ2) is 7.07. The van der Waals surface area contributed by atoms with Crippen molar-refractivity contribution >= 4 is 34.7 Å². The molecule has 6 heteroatoms. The molecule has 1 amide bonds. The van der Waals surface area contributed by atoms with Crippen LogP contribution in [0.4, 0.5) is 0 Å². The zero-order valence-corrected chi connectivity index (χ0v) is 13.4. The Morgan fingerprint density at radius 2 is 2.10 bits per heavy atom. The number of ether oxygens (including phenoxy) is 1. The minimum absolute atomic E-state index is 0.0584. The molecular formula is C15H13IN2O3. The summed E-state index contributed by atoms with van der Waals surface area (Å²) in [5, 5.41) is 13.5. The molecule has 0 atom stereocenters. The van der Waals surface area contributed by atoms with Crippen LogP contribution in [0, 0.1) is 3.57 Å². The van der Waals surface area contributed by atoms with Gasteiger partial charge in [-0.15, -0.1) is 0 Å². The standard InChI is InChI=1S/C15H13IN2O3/c1-21-11-6-7-14(19)10(8-11)9-17-18-15(20)12-4-2-3-5-13(12)16/h2-9,19H,1H3,(H,18,20)/b17-9-. The molecule has 0 heterocycles. The second-order valence-electron chi connectivity index (χ2n) is 4.10. The maximum Gasteiger partial charge on any atom is 0.272 e. The molecule has 0 fully saturated rings. The minimum Gasteiger partial charge on any atom is -0.507 e. The van der Waals surface area contributed by atoms with Crippen molar-refractivity contribution in [3.63, 3.8) is 0 Å². The van der Waals surface area contributed by atoms with Gasteiger partial charge in [0.1, 0.15) is 11.5 Å². The highest BCUT2D eigenvalue weighted by Crippen LogP contribution is 2.21. The van der Waals surface area contributed by atoms with Crippen LogP contribution >= 0.6 is 22.6 Å². The van der Waals surface area contributed by atoms with Gasteiger partial charge in [-0.2, -0.15) is 5.10 Å². The summed E-state index contributed by atoms with van der Waals surface area (Å²) < 4.78 is 5.90. The van der Waals surface area contributed by atoms with E-state index in [-0.39, 0.29) is 11.7 Å². The van der Waals surface area contributed by atoms with Crippen LogP contribution in [0.3, 0.4) is 0 Å². The fourth-order valence-electron chi connectivity index (χ4n) is 1.63. The quantitative estimate of drug-likeness (QED) is 0.475. The number of nitrogens with one attached hydrogen (secondary N) is 1. The average molecular weight is 396 g/mol. The Labute approximate surface area is 135 Å². The van der Waals surface area contributed by atoms with Gasteiger partial charge in [0.2, 0.25) is 0 Å². The SMILES string of the molecule is COc1ccc(O)c(/C=N\NC(=O)c2ccccc2I)c1. The van der Waals surface area contributed by atoms with Crippen LogP contribution in [0.2, 0.25) is 0 Å². The van der Waals surface area contributed by atoms with Crippen molar-refractivity contribution in [2.75, 3.05) is 7.11 Å². The molecule has 0 bridgehead atoms. The Bertz CT molecular complexity index is 686. The number of aromatic hydroxyl groups is 1. The normalized spacial score (nSPS) is 10.6. The summed E-state index contributed by atoms with van der Waals surface area (Å²) >= 11 is 2.08. The van der Waals surface area contributed by atoms with Crippen LogP contribution in [0.5, 0.6) is 11.5 Å². The van der Waals surface area contributed by atoms with Crippen LogP contribution in [-0.4, -0.2) is 24.3 Å². The molecule has 0 aromatic heterocycles. The van der Waals surface area contributed by atoms with Gasteiger partial charge in [-0.3, -0.25) is 4.79 Å². The second-order valence-corrected chi connectivity index (χ2v) is 5.27. The van der Waals surface area contributed by atoms with Crippen molar-refractivity contribution < 1.29 is 14.6 Å². The summed E-state index contributed by atoms with van der Waals surface area (Å²) in [6.07, 6.45) is 1.37. The number of halogens is 1. The summed E-state index contributed by atoms with van der Waals surface area (Å²) in [6, 6.07) is 12.0. The van der Waals surface area contributed by atoms with E-state index in [0.717, 1.165) is 3.57 Å². The molecule has 108 valence electrons. The number of methoxy groups -OCH3 is 1. The number of carbonyl (C=O) groups is 1. The highest BCUT2D eigenvalue weighted by atomic mass is 127. The molecule has 0 aliphatic carbocycles. The molecule has 0 aliphatic rings. The Kier molecular flexibility index (Phi) is 5.15. The molecular weight excluding hydrogens is 383 g/mol. The number of phenolic OH excluding ortho intramolecular Hbond substituents is 1. The van der Waals surface area contributed by atoms with Gasteiger partial charge in [0.15, 0.2) is 0 Å². The van der Waals surface area contributed by atoms with Crippen LogP contribution in [-0.2, 0) is 0 Å². The maximum atomic E-state index is 11.9. The summed E-state index contributed by atoms with van der Waals surface area (Å²) in [5.74, 6) is 0.347. The van der Waals surface area contributed by atoms with E-state index in [9.17, 15) is 9.90 Å². The van der Waals surface area contributed by atoms with Gasteiger partial charge < -0.3 is 9.84 Å². The lowest BCUT2D eigenvalue weighted by atomic mass is 10.2. The predicted molar refractivity (Wildman–Crippen MR) is 88.9 cm³/mol. The molecule has 2 N–H and O–H groups in total. The van der Waals surface area contributed by atoms with E-state index >= 15 is 0 Å². The number of phenols is 1. The van der Waals surface area contributed by atoms with Crippen molar-refractivity contribution in [2.24, 2.45) is 5.10 Å². The molecule has 0 unspecified atom stereocenters. The molecule has 21 heavy (non-hydrogen) atoms. The van der Waals surface area contributed by atoms with E-state index in [1.165, 1.54) is 19.4 Å². The lowest BCUT2D eigenvalue weighted by Crippen LogP contribution is -2.18. The predicted octanol–water partition coefficient (Wildman–Crippen LogP) is 2.77. The van der Waals surface area contributed by atoms with Gasteiger partial charge in [0, 0.05) is 9.13 Å². The fourth-order valence-corrected chi connectivity index (χ4v) is 2.26. The van der Waals surface area contributed by atoms with E-state index < -0.39 is 0 Å². The summed E-state index contributed by atoms with van der Waals surface area (Å²) in [5.41, 5.74) is 3.43. The molecule has 2 aromatic carbocycles. The zero-order valence-electron chi connectivity index (χ0n) is 11.2. The van der Waals surface area contributed by atoms with E-state index in [1.54, 1.807) is 24.3 Å². The zero-order chi connectivity index (χ0) is 15.2. The highest BCUT2D eigenvalue weighted by molar-refractivity contribution is 14.1. The topological polar surface area (TPSA) is 70.9 Å². The minimum atomic E-state index is -0.307. The molecule has 0 saturated heterocycles. The maximum absolute atomic E-state index is 11.9. The Morgan fingerprint density at radius 1 is 1.33 bits per heavy atom. The number of hydrogen-bond acceptors (Lipinski definition) is 4. The lowest BCUT2D eigenvalue weighted by Gasteiger charge is -2.04. The van der Waals surface area contributed by atoms with Crippen LogP contribution in [0.1, 0.15) is 15.9 Å². The number of hydrogen-bond donors (Lipinski definition) is 2. The van der Waals surface area contributed by atoms with Crippen LogP contribution in [0.25, 0.3) is 0 Å². The molecule has 2 aromatic rings. The number of rotatable bonds is 4. The Morgan fingerprint density at radius 3 is 2.81 bits per heavy atom. The highest BCUT2D eigenvalue weighted by Gasteiger charge is 2.07. The monoisotopic (exact) mass is 396 g/mol. The number of hydrazone groups is 1. The van der Waals surface area contributed by atoms with Crippen molar-refractivity contribution in [1.29, 1.82) is 0 Å². The van der Waals surface area contributed by atoms with Gasteiger partial charge in [0.05, 0.1) is 18.9 Å². The molecule has 0 radical (unpaired) electrons. The van der Waals surface area contributed by atoms with E-state index in [2.05, 4.69) is 33.1 Å². The van der Waals surface area contributed by atoms with Gasteiger partial charge >= 0.3 is 0 Å². The van der Waals surface area contributed by atoms with Gasteiger partial charge in [-0.1, -0.05) is 12.1 Å². The first-order chi connectivity index (χ1) is 10.1. The summed E-state index contributed by atoms with van der Waals surface area (Å²) in [4.78, 5) is 11.9. The molecule has 2 rings (SSSR count). The first-order valence-electron chi connectivity index (χ1n) is 6.06. The Hall–Kier alpha value is -2.09. The first kappa shape index (κ1) is 15.3. The van der Waals surface area contributed by atoms with Gasteiger partial charge in [-0.25, -0.2) is 5.43 Å². The smallest absolute Gasteiger partial charge is 0.272 e. The molecule has 0 spiro atoms. The molecule has 0 saturated carbocycles. The first-order valence-corrected chi connectivity index (χ1v) is 7.14. The van der Waals surface area contributed by atoms with Gasteiger partial charge in [0.25, 0.3) is 5.91 Å². The van der Waals surface area contributed by atoms with E-state index in [0.29, 0.717) is 16.9 Å². The largest absolute Gasteiger partial charge is 0.507 e. The third-order valence-corrected chi connectivity index (χ3v) is 3.66. The summed E-state index contributed by atoms with van der Waals surface area (Å²) in [6.45, 7) is 0. The Balaban J connectivity index is 2.09. The fraction of sp³-hybridized carbons (Fsp3) is 0.0667. The van der Waals surface area contributed by atoms with E-state index in [4.69, 9.17) is 4.74 Å². The number of amides is 1. The number of benzene rings is 2. The van der Waals surface area contributed by atoms with Crippen molar-refractivity contribution in [2.45, 2.75) is 0 Å². The average Bonchev–Trinajstić information content (AvgIpc) is 2.49. The van der Waals surface area contributed by atoms with Crippen molar-refractivity contribution in [3.8, 4) is 11.5 Å². The lowest BCUT2D eigenvalue weighted by molar-refractivity contribution is 0.0954. The number of nitrogens with zero attached hydrogens (tertiary/aromatic N) is 1. The number of carbonyl (C=O) groups excluding carboxylic acids is 1.